The maximum absolute atomic E-state index is 12.8. The lowest BCUT2D eigenvalue weighted by atomic mass is 9.85. The van der Waals surface area contributed by atoms with Crippen molar-refractivity contribution in [3.63, 3.8) is 0 Å². The predicted molar refractivity (Wildman–Crippen MR) is 126 cm³/mol. The molecule has 3 aliphatic rings. The van der Waals surface area contributed by atoms with E-state index in [1.165, 1.54) is 10.5 Å². The second-order valence-electron chi connectivity index (χ2n) is 8.88. The van der Waals surface area contributed by atoms with E-state index in [1.54, 1.807) is 6.20 Å². The minimum atomic E-state index is -0.130. The van der Waals surface area contributed by atoms with Gasteiger partial charge in [-0.2, -0.15) is 5.10 Å². The van der Waals surface area contributed by atoms with Crippen molar-refractivity contribution in [2.24, 2.45) is 28.7 Å². The molecule has 8 heteroatoms. The molecule has 2 heterocycles. The van der Waals surface area contributed by atoms with Crippen molar-refractivity contribution in [2.75, 3.05) is 26.2 Å². The van der Waals surface area contributed by atoms with Crippen LogP contribution < -0.4 is 10.6 Å². The highest BCUT2D eigenvalue weighted by Gasteiger charge is 2.58. The van der Waals surface area contributed by atoms with Crippen LogP contribution in [0.3, 0.4) is 0 Å². The molecule has 0 spiro atoms. The maximum atomic E-state index is 12.8. The standard InChI is InChI=1S/C25H30N6O2/c1-2-26-25(27-12-10-17-4-8-20(9-5-17)31-14-3-11-29-31)28-13-15-30-23(32)21-18-6-7-19(16-18)22(21)24(30)33/h3-9,11,14,18-19,21-22H,2,10,12-13,15-16H2,1H3,(H2,26,27,28). The highest BCUT2D eigenvalue weighted by atomic mass is 16.2. The Morgan fingerprint density at radius 1 is 1.09 bits per heavy atom. The van der Waals surface area contributed by atoms with Crippen LogP contribution >= 0.6 is 0 Å². The first kappa shape index (κ1) is 21.4. The Bertz CT molecular complexity index is 1030. The third-order valence-electron chi connectivity index (χ3n) is 6.91. The van der Waals surface area contributed by atoms with E-state index in [0.717, 1.165) is 25.1 Å². The first-order chi connectivity index (χ1) is 16.2. The number of carbonyl (C=O) groups is 2. The number of aromatic nitrogens is 2. The Balaban J connectivity index is 1.11. The monoisotopic (exact) mass is 446 g/mol. The van der Waals surface area contributed by atoms with E-state index in [4.69, 9.17) is 0 Å². The number of allylic oxidation sites excluding steroid dienone is 2. The van der Waals surface area contributed by atoms with E-state index in [-0.39, 0.29) is 35.5 Å². The van der Waals surface area contributed by atoms with Crippen LogP contribution in [0.25, 0.3) is 5.69 Å². The molecule has 4 unspecified atom stereocenters. The average Bonchev–Trinajstić information content (AvgIpc) is 3.61. The highest BCUT2D eigenvalue weighted by molar-refractivity contribution is 6.06. The number of fused-ring (bicyclic) bond motifs is 5. The van der Waals surface area contributed by atoms with Crippen molar-refractivity contribution < 1.29 is 9.59 Å². The van der Waals surface area contributed by atoms with E-state index in [2.05, 4.69) is 57.1 Å². The normalized spacial score (nSPS) is 25.7. The largest absolute Gasteiger partial charge is 0.357 e. The molecule has 1 saturated heterocycles. The first-order valence-corrected chi connectivity index (χ1v) is 11.8. The van der Waals surface area contributed by atoms with Crippen LogP contribution in [0.5, 0.6) is 0 Å². The van der Waals surface area contributed by atoms with Gasteiger partial charge in [0.2, 0.25) is 11.8 Å². The zero-order valence-corrected chi connectivity index (χ0v) is 18.9. The molecule has 2 fully saturated rings. The third kappa shape index (κ3) is 4.17. The summed E-state index contributed by atoms with van der Waals surface area (Å²) in [6.45, 7) is 4.26. The number of nitrogens with one attached hydrogen (secondary N) is 2. The number of rotatable bonds is 8. The average molecular weight is 447 g/mol. The molecular weight excluding hydrogens is 416 g/mol. The van der Waals surface area contributed by atoms with Crippen molar-refractivity contribution in [1.29, 1.82) is 0 Å². The van der Waals surface area contributed by atoms with Crippen molar-refractivity contribution in [1.82, 2.24) is 25.3 Å². The van der Waals surface area contributed by atoms with Gasteiger partial charge >= 0.3 is 0 Å². The Morgan fingerprint density at radius 3 is 2.45 bits per heavy atom. The van der Waals surface area contributed by atoms with E-state index in [9.17, 15) is 9.59 Å². The fraction of sp³-hybridized carbons (Fsp3) is 0.440. The molecular formula is C25H30N6O2. The summed E-state index contributed by atoms with van der Waals surface area (Å²) < 4.78 is 1.83. The number of aliphatic imine (C=N–C) groups is 1. The smallest absolute Gasteiger partial charge is 0.233 e. The van der Waals surface area contributed by atoms with Gasteiger partial charge < -0.3 is 10.6 Å². The molecule has 8 nitrogen and oxygen atoms in total. The molecule has 33 heavy (non-hydrogen) atoms. The molecule has 5 rings (SSSR count). The molecule has 2 bridgehead atoms. The number of carbonyl (C=O) groups excluding carboxylic acids is 2. The SMILES string of the molecule is CCNC(=NCCc1ccc(-n2cccn2)cc1)NCCN1C(=O)C2C3C=CC(C3)C2C1=O. The lowest BCUT2D eigenvalue weighted by Crippen LogP contribution is -2.43. The fourth-order valence-electron chi connectivity index (χ4n) is 5.35. The van der Waals surface area contributed by atoms with Crippen molar-refractivity contribution >= 4 is 17.8 Å². The van der Waals surface area contributed by atoms with Gasteiger partial charge in [0.15, 0.2) is 5.96 Å². The van der Waals surface area contributed by atoms with Crippen LogP contribution in [0.2, 0.25) is 0 Å². The zero-order valence-electron chi connectivity index (χ0n) is 18.9. The minimum Gasteiger partial charge on any atom is -0.357 e. The number of benzene rings is 1. The Morgan fingerprint density at radius 2 is 1.82 bits per heavy atom. The molecule has 2 N–H and O–H groups in total. The Labute approximate surface area is 193 Å². The summed E-state index contributed by atoms with van der Waals surface area (Å²) in [6.07, 6.45) is 9.71. The van der Waals surface area contributed by atoms with E-state index in [0.29, 0.717) is 25.6 Å². The van der Waals surface area contributed by atoms with Gasteiger partial charge in [0.1, 0.15) is 0 Å². The maximum Gasteiger partial charge on any atom is 0.233 e. The Hall–Kier alpha value is -3.42. The molecule has 2 aliphatic carbocycles. The fourth-order valence-corrected chi connectivity index (χ4v) is 5.35. The van der Waals surface area contributed by atoms with Gasteiger partial charge in [-0.1, -0.05) is 24.3 Å². The molecule has 172 valence electrons. The first-order valence-electron chi connectivity index (χ1n) is 11.8. The summed E-state index contributed by atoms with van der Waals surface area (Å²) in [6, 6.07) is 10.2. The summed E-state index contributed by atoms with van der Waals surface area (Å²) in [5.74, 6) is 0.951. The lowest BCUT2D eigenvalue weighted by molar-refractivity contribution is -0.140. The molecule has 1 aliphatic heterocycles. The third-order valence-corrected chi connectivity index (χ3v) is 6.91. The summed E-state index contributed by atoms with van der Waals surface area (Å²) in [5.41, 5.74) is 2.23. The van der Waals surface area contributed by atoms with Crippen molar-refractivity contribution in [2.45, 2.75) is 19.8 Å². The summed E-state index contributed by atoms with van der Waals surface area (Å²) in [5, 5.41) is 10.8. The lowest BCUT2D eigenvalue weighted by Gasteiger charge is -2.18. The van der Waals surface area contributed by atoms with Gasteiger partial charge in [0.25, 0.3) is 0 Å². The van der Waals surface area contributed by atoms with Gasteiger partial charge in [-0.25, -0.2) is 4.68 Å². The molecule has 1 aromatic heterocycles. The molecule has 1 aromatic carbocycles. The van der Waals surface area contributed by atoms with E-state index < -0.39 is 0 Å². The zero-order chi connectivity index (χ0) is 22.8. The molecule has 2 amide bonds. The molecule has 0 radical (unpaired) electrons. The minimum absolute atomic E-state index is 0.00384. The van der Waals surface area contributed by atoms with Gasteiger partial charge in [0, 0.05) is 38.6 Å². The number of hydrogen-bond donors (Lipinski definition) is 2. The molecule has 1 saturated carbocycles. The molecule has 2 aromatic rings. The number of imide groups is 1. The van der Waals surface area contributed by atoms with E-state index >= 15 is 0 Å². The highest BCUT2D eigenvalue weighted by Crippen LogP contribution is 2.52. The summed E-state index contributed by atoms with van der Waals surface area (Å²) in [4.78, 5) is 31.7. The number of guanidine groups is 1. The van der Waals surface area contributed by atoms with Gasteiger partial charge in [-0.15, -0.1) is 0 Å². The number of nitrogens with zero attached hydrogens (tertiary/aromatic N) is 4. The Kier molecular flexibility index (Phi) is 5.98. The quantitative estimate of drug-likeness (QED) is 0.279. The number of hydrogen-bond acceptors (Lipinski definition) is 4. The molecule has 4 atom stereocenters. The predicted octanol–water partition coefficient (Wildman–Crippen LogP) is 1.78. The van der Waals surface area contributed by atoms with Crippen LogP contribution in [0.1, 0.15) is 18.9 Å². The van der Waals surface area contributed by atoms with Gasteiger partial charge in [0.05, 0.1) is 17.5 Å². The van der Waals surface area contributed by atoms with Gasteiger partial charge in [-0.05, 0) is 55.4 Å². The summed E-state index contributed by atoms with van der Waals surface area (Å²) >= 11 is 0. The van der Waals surface area contributed by atoms with Crippen LogP contribution in [0.4, 0.5) is 0 Å². The topological polar surface area (TPSA) is 91.6 Å². The van der Waals surface area contributed by atoms with Crippen LogP contribution in [0, 0.1) is 23.7 Å². The summed E-state index contributed by atoms with van der Waals surface area (Å²) in [7, 11) is 0. The van der Waals surface area contributed by atoms with Crippen molar-refractivity contribution in [3.8, 4) is 5.69 Å². The second-order valence-corrected chi connectivity index (χ2v) is 8.88. The van der Waals surface area contributed by atoms with Crippen LogP contribution in [-0.4, -0.2) is 58.6 Å². The second kappa shape index (κ2) is 9.21. The van der Waals surface area contributed by atoms with Crippen LogP contribution in [0.15, 0.2) is 59.9 Å². The van der Waals surface area contributed by atoms with Crippen LogP contribution in [-0.2, 0) is 16.0 Å². The number of likely N-dealkylation sites (tertiary alicyclic amines) is 1. The number of amides is 2. The van der Waals surface area contributed by atoms with E-state index in [1.807, 2.05) is 23.9 Å². The van der Waals surface area contributed by atoms with Crippen molar-refractivity contribution in [3.05, 3.63) is 60.4 Å². The van der Waals surface area contributed by atoms with Gasteiger partial charge in [-0.3, -0.25) is 19.5 Å².